The van der Waals surface area contributed by atoms with Gasteiger partial charge in [-0.1, -0.05) is 53.5 Å². The van der Waals surface area contributed by atoms with Crippen LogP contribution in [0.4, 0.5) is 5.69 Å². The number of allylic oxidation sites excluding steroid dienone is 1. The maximum absolute atomic E-state index is 6.43. The molecule has 1 aromatic heterocycles. The van der Waals surface area contributed by atoms with Gasteiger partial charge in [0.1, 0.15) is 29.7 Å². The van der Waals surface area contributed by atoms with Gasteiger partial charge in [-0.25, -0.2) is 4.98 Å². The van der Waals surface area contributed by atoms with Crippen LogP contribution >= 0.6 is 23.2 Å². The van der Waals surface area contributed by atoms with E-state index in [-0.39, 0.29) is 5.62 Å². The highest BCUT2D eigenvalue weighted by Crippen LogP contribution is 2.40. The Labute approximate surface area is 220 Å². The molecule has 2 aromatic carbocycles. The Bertz CT molecular complexity index is 1260. The first-order chi connectivity index (χ1) is 17.6. The molecule has 2 unspecified atom stereocenters. The number of alkyl halides is 1. The topological polar surface area (TPSA) is 98.7 Å². The van der Waals surface area contributed by atoms with Crippen molar-refractivity contribution >= 4 is 34.7 Å². The van der Waals surface area contributed by atoms with Gasteiger partial charge >= 0.3 is 0 Å². The van der Waals surface area contributed by atoms with Gasteiger partial charge in [0.25, 0.3) is 0 Å². The van der Waals surface area contributed by atoms with E-state index < -0.39 is 0 Å². The minimum atomic E-state index is -0.390. The molecule has 0 bridgehead atoms. The molecule has 2 aliphatic rings. The molecule has 0 radical (unpaired) electrons. The Balaban J connectivity index is 1.13. The van der Waals surface area contributed by atoms with E-state index in [0.29, 0.717) is 48.9 Å². The molecule has 0 saturated heterocycles. The van der Waals surface area contributed by atoms with Crippen LogP contribution in [0.25, 0.3) is 5.69 Å². The second-order valence-corrected chi connectivity index (χ2v) is 9.39. The van der Waals surface area contributed by atoms with Gasteiger partial charge in [0.05, 0.1) is 25.4 Å². The lowest BCUT2D eigenvalue weighted by Crippen LogP contribution is -2.47. The maximum Gasteiger partial charge on any atom is 0.176 e. The highest BCUT2D eigenvalue weighted by atomic mass is 35.5. The molecule has 36 heavy (non-hydrogen) atoms. The first-order valence-corrected chi connectivity index (χ1v) is 12.7. The molecule has 0 amide bonds. The predicted octanol–water partition coefficient (Wildman–Crippen LogP) is 4.45. The van der Waals surface area contributed by atoms with E-state index in [1.807, 2.05) is 12.1 Å². The zero-order valence-corrected chi connectivity index (χ0v) is 21.2. The van der Waals surface area contributed by atoms with Crippen LogP contribution in [-0.2, 0) is 4.74 Å². The average Bonchev–Trinajstić information content (AvgIpc) is 3.50. The van der Waals surface area contributed by atoms with Crippen LogP contribution in [0.3, 0.4) is 0 Å². The van der Waals surface area contributed by atoms with E-state index in [2.05, 4.69) is 39.9 Å². The van der Waals surface area contributed by atoms with Crippen LogP contribution in [0.2, 0.25) is 5.15 Å². The van der Waals surface area contributed by atoms with Crippen LogP contribution in [0.1, 0.15) is 24.3 Å². The average molecular weight is 527 g/mol. The number of amidine groups is 1. The number of nitrogens with zero attached hydrogens (tertiary/aromatic N) is 3. The van der Waals surface area contributed by atoms with Crippen LogP contribution in [0.5, 0.6) is 5.75 Å². The van der Waals surface area contributed by atoms with Gasteiger partial charge in [-0.05, 0) is 30.5 Å². The second kappa shape index (κ2) is 11.2. The smallest absolute Gasteiger partial charge is 0.176 e. The highest BCUT2D eigenvalue weighted by Gasteiger charge is 2.34. The summed E-state index contributed by atoms with van der Waals surface area (Å²) in [6, 6.07) is 16.0. The van der Waals surface area contributed by atoms with E-state index in [4.69, 9.17) is 43.4 Å². The van der Waals surface area contributed by atoms with Crippen molar-refractivity contribution in [1.82, 2.24) is 20.2 Å². The lowest BCUT2D eigenvalue weighted by atomic mass is 9.96. The third kappa shape index (κ3) is 5.61. The second-order valence-electron chi connectivity index (χ2n) is 8.57. The Kier molecular flexibility index (Phi) is 7.65. The number of nitrogens with one attached hydrogen (secondary N) is 2. The van der Waals surface area contributed by atoms with Crippen LogP contribution in [0.15, 0.2) is 77.3 Å². The number of ether oxygens (including phenoxy) is 2. The van der Waals surface area contributed by atoms with Crippen molar-refractivity contribution in [3.05, 3.63) is 83.0 Å². The Hall–Kier alpha value is -3.20. The first-order valence-electron chi connectivity index (χ1n) is 11.9. The summed E-state index contributed by atoms with van der Waals surface area (Å²) in [7, 11) is 0. The number of aromatic nitrogens is 2. The van der Waals surface area contributed by atoms with Crippen LogP contribution < -0.4 is 21.1 Å². The van der Waals surface area contributed by atoms with Gasteiger partial charge in [0, 0.05) is 35.1 Å². The van der Waals surface area contributed by atoms with Gasteiger partial charge in [0.15, 0.2) is 5.62 Å². The minimum absolute atomic E-state index is 0.318. The van der Waals surface area contributed by atoms with E-state index in [1.165, 1.54) is 16.8 Å². The number of aliphatic imine (C=N–C) groups is 1. The fourth-order valence-corrected chi connectivity index (χ4v) is 4.95. The predicted molar refractivity (Wildman–Crippen MR) is 143 cm³/mol. The molecule has 2 heterocycles. The van der Waals surface area contributed by atoms with E-state index in [9.17, 15) is 0 Å². The molecule has 188 valence electrons. The SMILES string of the molecule is Nc1ccc(-n2cnc(Cl)c2)c(OCCOCCN=C2NC(Cl)NC3=C2CCC3c2ccccc2)c1. The molecule has 0 spiro atoms. The molecule has 4 N–H and O–H groups in total. The number of benzene rings is 2. The maximum atomic E-state index is 6.43. The fraction of sp³-hybridized carbons (Fsp3) is 0.308. The number of hydrogen-bond acceptors (Lipinski definition) is 6. The Morgan fingerprint density at radius 2 is 1.97 bits per heavy atom. The molecule has 5 rings (SSSR count). The van der Waals surface area contributed by atoms with Crippen LogP contribution in [-0.4, -0.2) is 47.4 Å². The van der Waals surface area contributed by atoms with Crippen molar-refractivity contribution in [2.45, 2.75) is 24.4 Å². The summed E-state index contributed by atoms with van der Waals surface area (Å²) in [5.74, 6) is 1.80. The quantitative estimate of drug-likeness (QED) is 0.165. The summed E-state index contributed by atoms with van der Waals surface area (Å²) in [5, 5.41) is 7.05. The van der Waals surface area contributed by atoms with E-state index >= 15 is 0 Å². The zero-order valence-electron chi connectivity index (χ0n) is 19.7. The monoisotopic (exact) mass is 526 g/mol. The molecular formula is C26H28Cl2N6O2. The van der Waals surface area contributed by atoms with Crippen molar-refractivity contribution in [1.29, 1.82) is 0 Å². The molecule has 3 aromatic rings. The zero-order chi connectivity index (χ0) is 24.9. The van der Waals surface area contributed by atoms with Gasteiger partial charge in [-0.3, -0.25) is 4.99 Å². The molecule has 10 heteroatoms. The van der Waals surface area contributed by atoms with Crippen molar-refractivity contribution in [3.8, 4) is 11.4 Å². The lowest BCUT2D eigenvalue weighted by Gasteiger charge is -2.28. The molecule has 0 fully saturated rings. The summed E-state index contributed by atoms with van der Waals surface area (Å²) in [4.78, 5) is 8.80. The van der Waals surface area contributed by atoms with Crippen molar-refractivity contribution in [2.75, 3.05) is 32.1 Å². The summed E-state index contributed by atoms with van der Waals surface area (Å²) in [6.07, 6.45) is 5.33. The number of halogens is 2. The largest absolute Gasteiger partial charge is 0.489 e. The van der Waals surface area contributed by atoms with Crippen LogP contribution in [0, 0.1) is 0 Å². The lowest BCUT2D eigenvalue weighted by molar-refractivity contribution is 0.106. The summed E-state index contributed by atoms with van der Waals surface area (Å²) in [6.45, 7) is 1.78. The number of rotatable bonds is 9. The van der Waals surface area contributed by atoms with Crippen molar-refractivity contribution in [3.63, 3.8) is 0 Å². The minimum Gasteiger partial charge on any atom is -0.489 e. The van der Waals surface area contributed by atoms with Crippen molar-refractivity contribution in [2.24, 2.45) is 4.99 Å². The van der Waals surface area contributed by atoms with Gasteiger partial charge in [-0.15, -0.1) is 0 Å². The number of anilines is 1. The third-order valence-electron chi connectivity index (χ3n) is 6.19. The fourth-order valence-electron chi connectivity index (χ4n) is 4.58. The number of imidazole rings is 1. The summed E-state index contributed by atoms with van der Waals surface area (Å²) < 4.78 is 13.5. The number of nitrogens with two attached hydrogens (primary N) is 1. The van der Waals surface area contributed by atoms with Gasteiger partial charge < -0.3 is 30.4 Å². The number of nitrogen functional groups attached to an aromatic ring is 1. The molecule has 1 aliphatic heterocycles. The first kappa shape index (κ1) is 24.5. The number of hydrogen-bond donors (Lipinski definition) is 3. The molecule has 0 saturated carbocycles. The summed E-state index contributed by atoms with van der Waals surface area (Å²) >= 11 is 12.4. The Morgan fingerprint density at radius 3 is 2.78 bits per heavy atom. The Morgan fingerprint density at radius 1 is 1.11 bits per heavy atom. The molecule has 8 nitrogen and oxygen atoms in total. The van der Waals surface area contributed by atoms with E-state index in [0.717, 1.165) is 24.4 Å². The van der Waals surface area contributed by atoms with Gasteiger partial charge in [0.2, 0.25) is 0 Å². The highest BCUT2D eigenvalue weighted by molar-refractivity contribution is 6.29. The molecule has 2 atom stereocenters. The van der Waals surface area contributed by atoms with Crippen molar-refractivity contribution < 1.29 is 9.47 Å². The third-order valence-corrected chi connectivity index (χ3v) is 6.61. The summed E-state index contributed by atoms with van der Waals surface area (Å²) in [5.41, 5.74) is 10.6. The van der Waals surface area contributed by atoms with Gasteiger partial charge in [-0.2, -0.15) is 0 Å². The molecule has 1 aliphatic carbocycles. The normalized spacial score (nSPS) is 20.2. The van der Waals surface area contributed by atoms with E-state index in [1.54, 1.807) is 29.2 Å². The standard InChI is InChI=1S/C26H28Cl2N6O2/c27-23-15-34(16-31-23)21-9-6-18(29)14-22(21)36-13-12-35-11-10-30-25-20-8-7-19(17-4-2-1-3-5-17)24(20)32-26(28)33-25/h1-6,9,14-16,19,26,32H,7-8,10-13,29H2,(H,30,33). The molecular weight excluding hydrogens is 499 g/mol.